The van der Waals surface area contributed by atoms with Gasteiger partial charge in [0.15, 0.2) is 11.0 Å². The van der Waals surface area contributed by atoms with E-state index in [-0.39, 0.29) is 5.91 Å². The van der Waals surface area contributed by atoms with Crippen molar-refractivity contribution >= 4 is 58.3 Å². The molecule has 0 radical (unpaired) electrons. The number of amides is 1. The van der Waals surface area contributed by atoms with Gasteiger partial charge in [0.1, 0.15) is 5.92 Å². The Hall–Kier alpha value is -2.70. The third kappa shape index (κ3) is 4.02. The average molecular weight is 395 g/mol. The summed E-state index contributed by atoms with van der Waals surface area (Å²) in [4.78, 5) is 21.0. The normalized spacial score (nSPS) is 18.6. The van der Waals surface area contributed by atoms with E-state index in [1.54, 1.807) is 23.4 Å². The number of nitrogens with zero attached hydrogens (tertiary/aromatic N) is 4. The lowest BCUT2D eigenvalue weighted by molar-refractivity contribution is -0.118. The molecule has 2 aliphatic rings. The Bertz CT molecular complexity index is 967. The lowest BCUT2D eigenvalue weighted by Crippen LogP contribution is -2.34. The molecule has 2 heterocycles. The number of rotatable bonds is 4. The van der Waals surface area contributed by atoms with Crippen LogP contribution in [0.2, 0.25) is 5.02 Å². The van der Waals surface area contributed by atoms with Gasteiger partial charge in [0.2, 0.25) is 0 Å². The number of thioether (sulfide) groups is 1. The molecular weight excluding hydrogens is 380 g/mol. The highest BCUT2D eigenvalue weighted by Gasteiger charge is 2.36. The number of halogens is 1. The van der Waals surface area contributed by atoms with E-state index in [0.29, 0.717) is 21.8 Å². The molecule has 0 bridgehead atoms. The van der Waals surface area contributed by atoms with Crippen molar-refractivity contribution in [3.8, 4) is 0 Å². The molecule has 1 atom stereocenters. The van der Waals surface area contributed by atoms with Gasteiger partial charge in [-0.05, 0) is 29.8 Å². The summed E-state index contributed by atoms with van der Waals surface area (Å²) in [6.07, 6.45) is 5.64. The van der Waals surface area contributed by atoms with Gasteiger partial charge in [0, 0.05) is 17.0 Å². The van der Waals surface area contributed by atoms with Gasteiger partial charge < -0.3 is 0 Å². The molecule has 0 saturated carbocycles. The molecule has 0 aliphatic carbocycles. The lowest BCUT2D eigenvalue weighted by atomic mass is 10.1. The maximum Gasteiger partial charge on any atom is 0.264 e. The van der Waals surface area contributed by atoms with Gasteiger partial charge in [-0.15, -0.1) is 0 Å². The number of anilines is 1. The molecule has 1 amide bonds. The van der Waals surface area contributed by atoms with Crippen molar-refractivity contribution in [3.05, 3.63) is 71.3 Å². The zero-order valence-corrected chi connectivity index (χ0v) is 15.8. The molecule has 134 valence electrons. The fourth-order valence-electron chi connectivity index (χ4n) is 2.69. The highest BCUT2D eigenvalue weighted by atomic mass is 35.5. The van der Waals surface area contributed by atoms with Crippen LogP contribution in [0.5, 0.6) is 0 Å². The van der Waals surface area contributed by atoms with E-state index >= 15 is 0 Å². The van der Waals surface area contributed by atoms with Gasteiger partial charge >= 0.3 is 0 Å². The van der Waals surface area contributed by atoms with Crippen LogP contribution in [-0.4, -0.2) is 28.9 Å². The Labute approximate surface area is 166 Å². The third-order valence-corrected chi connectivity index (χ3v) is 5.05. The van der Waals surface area contributed by atoms with Crippen molar-refractivity contribution in [3.63, 3.8) is 0 Å². The number of carbonyl (C=O) groups excluding carboxylic acids is 1. The standard InChI is InChI=1S/C20H15ClN4OS/c21-15-8-10-16(11-9-15)25-18-17(13-22-25)19(26)24-20(23-18)27-12-4-7-14-5-2-1-3-6-14/h1-11,13,17H,12H2/b7-4+. The van der Waals surface area contributed by atoms with Crippen LogP contribution >= 0.6 is 23.4 Å². The maximum absolute atomic E-state index is 12.3. The molecule has 7 heteroatoms. The SMILES string of the molecule is O=C1N=C(SC/C=C/c2ccccc2)N=C2C1C=NN2c1ccc(Cl)cc1. The minimum Gasteiger partial charge on any atom is -0.271 e. The molecular formula is C20H15ClN4OS. The predicted molar refractivity (Wildman–Crippen MR) is 114 cm³/mol. The Kier molecular flexibility index (Phi) is 5.18. The predicted octanol–water partition coefficient (Wildman–Crippen LogP) is 4.50. The number of fused-ring (bicyclic) bond motifs is 1. The van der Waals surface area contributed by atoms with Crippen LogP contribution in [0, 0.1) is 5.92 Å². The van der Waals surface area contributed by atoms with E-state index in [2.05, 4.69) is 15.1 Å². The van der Waals surface area contributed by atoms with Crippen LogP contribution in [0.15, 0.2) is 75.8 Å². The summed E-state index contributed by atoms with van der Waals surface area (Å²) in [7, 11) is 0. The molecule has 0 aromatic heterocycles. The number of amidine groups is 2. The summed E-state index contributed by atoms with van der Waals surface area (Å²) in [6, 6.07) is 17.3. The Morgan fingerprint density at radius 2 is 1.85 bits per heavy atom. The van der Waals surface area contributed by atoms with Crippen LogP contribution in [0.4, 0.5) is 5.69 Å². The van der Waals surface area contributed by atoms with E-state index < -0.39 is 5.92 Å². The second-order valence-corrected chi connectivity index (χ2v) is 7.28. The lowest BCUT2D eigenvalue weighted by Gasteiger charge is -2.20. The van der Waals surface area contributed by atoms with Crippen LogP contribution in [0.25, 0.3) is 6.08 Å². The molecule has 0 fully saturated rings. The van der Waals surface area contributed by atoms with Crippen molar-refractivity contribution in [2.75, 3.05) is 10.8 Å². The van der Waals surface area contributed by atoms with Crippen LogP contribution < -0.4 is 5.01 Å². The first-order valence-electron chi connectivity index (χ1n) is 8.36. The van der Waals surface area contributed by atoms with Gasteiger partial charge in [-0.1, -0.05) is 65.8 Å². The minimum atomic E-state index is -0.523. The summed E-state index contributed by atoms with van der Waals surface area (Å²) < 4.78 is 0. The van der Waals surface area contributed by atoms with Crippen molar-refractivity contribution in [2.24, 2.45) is 21.0 Å². The van der Waals surface area contributed by atoms with Gasteiger partial charge in [-0.3, -0.25) is 4.79 Å². The summed E-state index contributed by atoms with van der Waals surface area (Å²) >= 11 is 7.37. The van der Waals surface area contributed by atoms with E-state index in [1.807, 2.05) is 54.6 Å². The monoisotopic (exact) mass is 394 g/mol. The first kappa shape index (κ1) is 17.7. The minimum absolute atomic E-state index is 0.241. The fourth-order valence-corrected chi connectivity index (χ4v) is 3.47. The summed E-state index contributed by atoms with van der Waals surface area (Å²) in [5.74, 6) is 0.482. The van der Waals surface area contributed by atoms with Gasteiger partial charge in [-0.25, -0.2) is 10.0 Å². The quantitative estimate of drug-likeness (QED) is 0.766. The highest BCUT2D eigenvalue weighted by molar-refractivity contribution is 8.14. The van der Waals surface area contributed by atoms with Crippen LogP contribution in [0.1, 0.15) is 5.56 Å². The number of hydrogen-bond acceptors (Lipinski definition) is 5. The zero-order valence-electron chi connectivity index (χ0n) is 14.2. The zero-order chi connectivity index (χ0) is 18.6. The Morgan fingerprint density at radius 3 is 2.63 bits per heavy atom. The second-order valence-electron chi connectivity index (χ2n) is 5.86. The Morgan fingerprint density at radius 1 is 1.07 bits per heavy atom. The highest BCUT2D eigenvalue weighted by Crippen LogP contribution is 2.27. The smallest absolute Gasteiger partial charge is 0.264 e. The molecule has 27 heavy (non-hydrogen) atoms. The largest absolute Gasteiger partial charge is 0.271 e. The third-order valence-electron chi connectivity index (χ3n) is 4.00. The molecule has 0 N–H and O–H groups in total. The van der Waals surface area contributed by atoms with E-state index in [0.717, 1.165) is 11.3 Å². The first-order chi connectivity index (χ1) is 13.2. The average Bonchev–Trinajstić information content (AvgIpc) is 3.11. The number of hydrogen-bond donors (Lipinski definition) is 0. The van der Waals surface area contributed by atoms with Crippen LogP contribution in [0.3, 0.4) is 0 Å². The van der Waals surface area contributed by atoms with Crippen molar-refractivity contribution in [1.29, 1.82) is 0 Å². The number of aliphatic imine (C=N–C) groups is 2. The van der Waals surface area contributed by atoms with Gasteiger partial charge in [0.25, 0.3) is 5.91 Å². The number of benzene rings is 2. The molecule has 4 rings (SSSR count). The maximum atomic E-state index is 12.3. The summed E-state index contributed by atoms with van der Waals surface area (Å²) in [6.45, 7) is 0. The Balaban J connectivity index is 1.47. The molecule has 2 aromatic rings. The second kappa shape index (κ2) is 7.90. The van der Waals surface area contributed by atoms with Crippen LogP contribution in [-0.2, 0) is 4.79 Å². The number of hydrazone groups is 1. The van der Waals surface area contributed by atoms with Crippen molar-refractivity contribution in [2.45, 2.75) is 0 Å². The first-order valence-corrected chi connectivity index (χ1v) is 9.72. The molecule has 2 aromatic carbocycles. The van der Waals surface area contributed by atoms with Gasteiger partial charge in [-0.2, -0.15) is 10.1 Å². The molecule has 2 aliphatic heterocycles. The molecule has 0 saturated heterocycles. The van der Waals surface area contributed by atoms with E-state index in [1.165, 1.54) is 11.8 Å². The van der Waals surface area contributed by atoms with E-state index in [9.17, 15) is 4.79 Å². The summed E-state index contributed by atoms with van der Waals surface area (Å²) in [5.41, 5.74) is 1.93. The van der Waals surface area contributed by atoms with Crippen molar-refractivity contribution in [1.82, 2.24) is 0 Å². The molecule has 1 unspecified atom stereocenters. The molecule has 0 spiro atoms. The van der Waals surface area contributed by atoms with Crippen molar-refractivity contribution < 1.29 is 4.79 Å². The van der Waals surface area contributed by atoms with Gasteiger partial charge in [0.05, 0.1) is 5.69 Å². The summed E-state index contributed by atoms with van der Waals surface area (Å²) in [5, 5.41) is 7.07. The topological polar surface area (TPSA) is 57.4 Å². The van der Waals surface area contributed by atoms with E-state index in [4.69, 9.17) is 11.6 Å². The number of carbonyl (C=O) groups is 1. The molecule has 5 nitrogen and oxygen atoms in total. The fraction of sp³-hybridized carbons (Fsp3) is 0.100.